The fourth-order valence-electron chi connectivity index (χ4n) is 2.92. The second-order valence-corrected chi connectivity index (χ2v) is 7.53. The van der Waals surface area contributed by atoms with Crippen LogP contribution in [0.5, 0.6) is 0 Å². The lowest BCUT2D eigenvalue weighted by Gasteiger charge is -2.17. The van der Waals surface area contributed by atoms with Gasteiger partial charge < -0.3 is 10.2 Å². The lowest BCUT2D eigenvalue weighted by Crippen LogP contribution is -2.35. The van der Waals surface area contributed by atoms with Gasteiger partial charge in [-0.1, -0.05) is 58.4 Å². The summed E-state index contributed by atoms with van der Waals surface area (Å²) in [7, 11) is 1.65. The van der Waals surface area contributed by atoms with Gasteiger partial charge in [-0.3, -0.25) is 9.59 Å². The van der Waals surface area contributed by atoms with E-state index < -0.39 is 0 Å². The average Bonchev–Trinajstić information content (AvgIpc) is 2.64. The summed E-state index contributed by atoms with van der Waals surface area (Å²) in [5.41, 5.74) is 2.65. The number of carbonyl (C=O) groups is 2. The van der Waals surface area contributed by atoms with Crippen LogP contribution in [0.3, 0.4) is 0 Å². The number of likely N-dealkylation sites (N-methyl/N-ethyl adjacent to an activating group) is 1. The van der Waals surface area contributed by atoms with E-state index >= 15 is 0 Å². The minimum absolute atomic E-state index is 0.0158. The molecule has 0 aliphatic rings. The van der Waals surface area contributed by atoms with E-state index in [1.165, 1.54) is 4.90 Å². The molecular weight excluding hydrogens is 404 g/mol. The Balaban J connectivity index is 1.60. The fraction of sp³-hybridized carbons (Fsp3) is 0.182. The molecule has 27 heavy (non-hydrogen) atoms. The minimum Gasteiger partial charge on any atom is -0.336 e. The zero-order chi connectivity index (χ0) is 19.4. The highest BCUT2D eigenvalue weighted by atomic mass is 79.9. The number of rotatable bonds is 5. The van der Waals surface area contributed by atoms with E-state index in [4.69, 9.17) is 0 Å². The second kappa shape index (κ2) is 8.35. The molecule has 0 unspecified atom stereocenters. The minimum atomic E-state index is -0.213. The molecule has 3 aromatic carbocycles. The Bertz CT molecular complexity index is 1000. The number of hydrogen-bond donors (Lipinski definition) is 1. The van der Waals surface area contributed by atoms with E-state index in [1.807, 2.05) is 67.6 Å². The zero-order valence-electron chi connectivity index (χ0n) is 15.3. The van der Waals surface area contributed by atoms with Gasteiger partial charge in [-0.25, -0.2) is 0 Å². The Morgan fingerprint density at radius 1 is 1.00 bits per heavy atom. The number of carbonyl (C=O) groups excluding carboxylic acids is 2. The van der Waals surface area contributed by atoms with Crippen LogP contribution in [0, 0.1) is 6.92 Å². The topological polar surface area (TPSA) is 49.4 Å². The predicted octanol–water partition coefficient (Wildman–Crippen LogP) is 4.55. The molecule has 0 aliphatic heterocycles. The van der Waals surface area contributed by atoms with E-state index in [0.717, 1.165) is 32.1 Å². The van der Waals surface area contributed by atoms with Gasteiger partial charge in [0.25, 0.3) is 0 Å². The van der Waals surface area contributed by atoms with Crippen molar-refractivity contribution in [2.24, 2.45) is 0 Å². The molecule has 2 amide bonds. The number of nitrogens with one attached hydrogen (secondary N) is 1. The summed E-state index contributed by atoms with van der Waals surface area (Å²) in [6, 6.07) is 19.7. The normalized spacial score (nSPS) is 10.6. The Labute approximate surface area is 167 Å². The van der Waals surface area contributed by atoms with Crippen LogP contribution in [0.15, 0.2) is 65.1 Å². The molecule has 4 nitrogen and oxygen atoms in total. The maximum atomic E-state index is 12.5. The quantitative estimate of drug-likeness (QED) is 0.652. The summed E-state index contributed by atoms with van der Waals surface area (Å²) >= 11 is 3.40. The van der Waals surface area contributed by atoms with Crippen molar-refractivity contribution in [1.82, 2.24) is 4.90 Å². The van der Waals surface area contributed by atoms with Gasteiger partial charge in [0.15, 0.2) is 0 Å². The molecule has 0 saturated carbocycles. The third-order valence-electron chi connectivity index (χ3n) is 4.44. The number of nitrogens with zero attached hydrogens (tertiary/aromatic N) is 1. The molecule has 0 heterocycles. The molecule has 1 N–H and O–H groups in total. The van der Waals surface area contributed by atoms with E-state index in [0.29, 0.717) is 0 Å². The summed E-state index contributed by atoms with van der Waals surface area (Å²) in [6.07, 6.45) is 0.270. The first-order valence-corrected chi connectivity index (χ1v) is 9.49. The summed E-state index contributed by atoms with van der Waals surface area (Å²) in [4.78, 5) is 26.2. The third kappa shape index (κ3) is 4.95. The van der Waals surface area contributed by atoms with Crippen LogP contribution in [0.4, 0.5) is 5.69 Å². The standard InChI is InChI=1S/C22H21BrN2O2/c1-15-11-19(23)9-10-20(15)24-21(26)14-25(2)22(27)13-16-7-8-17-5-3-4-6-18(17)12-16/h3-12H,13-14H2,1-2H3,(H,24,26). The molecule has 0 saturated heterocycles. The Morgan fingerprint density at radius 3 is 2.48 bits per heavy atom. The summed E-state index contributed by atoms with van der Waals surface area (Å²) in [5, 5.41) is 5.11. The fourth-order valence-corrected chi connectivity index (χ4v) is 3.39. The van der Waals surface area contributed by atoms with Crippen LogP contribution in [0.1, 0.15) is 11.1 Å². The van der Waals surface area contributed by atoms with Gasteiger partial charge in [0.1, 0.15) is 0 Å². The predicted molar refractivity (Wildman–Crippen MR) is 113 cm³/mol. The molecule has 3 aromatic rings. The van der Waals surface area contributed by atoms with Crippen molar-refractivity contribution in [2.75, 3.05) is 18.9 Å². The molecule has 0 aromatic heterocycles. The van der Waals surface area contributed by atoms with Crippen molar-refractivity contribution in [3.8, 4) is 0 Å². The van der Waals surface area contributed by atoms with Crippen LogP contribution in [-0.2, 0) is 16.0 Å². The van der Waals surface area contributed by atoms with Gasteiger partial charge in [0.2, 0.25) is 11.8 Å². The highest BCUT2D eigenvalue weighted by Gasteiger charge is 2.14. The maximum absolute atomic E-state index is 12.5. The molecule has 138 valence electrons. The third-order valence-corrected chi connectivity index (χ3v) is 4.93. The van der Waals surface area contributed by atoms with Crippen molar-refractivity contribution in [3.05, 3.63) is 76.3 Å². The number of hydrogen-bond acceptors (Lipinski definition) is 2. The van der Waals surface area contributed by atoms with E-state index in [2.05, 4.69) is 21.2 Å². The summed E-state index contributed by atoms with van der Waals surface area (Å²) < 4.78 is 0.959. The maximum Gasteiger partial charge on any atom is 0.243 e. The largest absolute Gasteiger partial charge is 0.336 e. The molecular formula is C22H21BrN2O2. The zero-order valence-corrected chi connectivity index (χ0v) is 16.9. The van der Waals surface area contributed by atoms with E-state index in [1.54, 1.807) is 7.05 Å². The van der Waals surface area contributed by atoms with Gasteiger partial charge in [0, 0.05) is 17.2 Å². The van der Waals surface area contributed by atoms with E-state index in [9.17, 15) is 9.59 Å². The first kappa shape index (κ1) is 19.1. The van der Waals surface area contributed by atoms with E-state index in [-0.39, 0.29) is 24.8 Å². The van der Waals surface area contributed by atoms with Gasteiger partial charge in [-0.05, 0) is 47.0 Å². The Kier molecular flexibility index (Phi) is 5.91. The van der Waals surface area contributed by atoms with Crippen molar-refractivity contribution in [2.45, 2.75) is 13.3 Å². The van der Waals surface area contributed by atoms with Crippen LogP contribution in [0.25, 0.3) is 10.8 Å². The lowest BCUT2D eigenvalue weighted by atomic mass is 10.0. The number of benzene rings is 3. The highest BCUT2D eigenvalue weighted by Crippen LogP contribution is 2.20. The molecule has 0 aliphatic carbocycles. The number of halogens is 1. The molecule has 0 fully saturated rings. The first-order valence-electron chi connectivity index (χ1n) is 8.70. The van der Waals surface area contributed by atoms with Crippen molar-refractivity contribution in [3.63, 3.8) is 0 Å². The summed E-state index contributed by atoms with van der Waals surface area (Å²) in [5.74, 6) is -0.303. The van der Waals surface area contributed by atoms with Gasteiger partial charge in [0.05, 0.1) is 13.0 Å². The van der Waals surface area contributed by atoms with Crippen LogP contribution in [-0.4, -0.2) is 30.3 Å². The highest BCUT2D eigenvalue weighted by molar-refractivity contribution is 9.10. The molecule has 3 rings (SSSR count). The lowest BCUT2D eigenvalue weighted by molar-refractivity contribution is -0.132. The van der Waals surface area contributed by atoms with Crippen LogP contribution in [0.2, 0.25) is 0 Å². The second-order valence-electron chi connectivity index (χ2n) is 6.62. The van der Waals surface area contributed by atoms with Gasteiger partial charge >= 0.3 is 0 Å². The number of aryl methyl sites for hydroxylation is 1. The van der Waals surface area contributed by atoms with Crippen molar-refractivity contribution in [1.29, 1.82) is 0 Å². The number of amides is 2. The number of fused-ring (bicyclic) bond motifs is 1. The molecule has 5 heteroatoms. The van der Waals surface area contributed by atoms with Crippen molar-refractivity contribution >= 4 is 44.2 Å². The monoisotopic (exact) mass is 424 g/mol. The van der Waals surface area contributed by atoms with Crippen LogP contribution >= 0.6 is 15.9 Å². The average molecular weight is 425 g/mol. The SMILES string of the molecule is Cc1cc(Br)ccc1NC(=O)CN(C)C(=O)Cc1ccc2ccccc2c1. The molecule has 0 spiro atoms. The first-order chi connectivity index (χ1) is 12.9. The van der Waals surface area contributed by atoms with Gasteiger partial charge in [-0.2, -0.15) is 0 Å². The smallest absolute Gasteiger partial charge is 0.243 e. The summed E-state index contributed by atoms with van der Waals surface area (Å²) in [6.45, 7) is 1.94. The molecule has 0 radical (unpaired) electrons. The van der Waals surface area contributed by atoms with Gasteiger partial charge in [-0.15, -0.1) is 0 Å². The molecule has 0 atom stereocenters. The van der Waals surface area contributed by atoms with Crippen LogP contribution < -0.4 is 5.32 Å². The Hall–Kier alpha value is -2.66. The Morgan fingerprint density at radius 2 is 1.74 bits per heavy atom. The number of anilines is 1. The van der Waals surface area contributed by atoms with Crippen molar-refractivity contribution < 1.29 is 9.59 Å². The molecule has 0 bridgehead atoms.